The van der Waals surface area contributed by atoms with Crippen molar-refractivity contribution < 1.29 is 14.4 Å². The van der Waals surface area contributed by atoms with Crippen LogP contribution < -0.4 is 0 Å². The van der Waals surface area contributed by atoms with Crippen molar-refractivity contribution in [2.45, 2.75) is 27.3 Å². The second kappa shape index (κ2) is 4.49. The highest BCUT2D eigenvalue weighted by molar-refractivity contribution is 5.71. The van der Waals surface area contributed by atoms with Crippen LogP contribution in [0.5, 0.6) is 0 Å². The van der Waals surface area contributed by atoms with Gasteiger partial charge in [0.25, 0.3) is 0 Å². The Labute approximate surface area is 100 Å². The molecule has 1 aromatic heterocycles. The van der Waals surface area contributed by atoms with Crippen LogP contribution in [-0.4, -0.2) is 34.2 Å². The van der Waals surface area contributed by atoms with E-state index in [9.17, 15) is 4.79 Å². The molecule has 0 saturated carbocycles. The highest BCUT2D eigenvalue weighted by Crippen LogP contribution is 2.26. The summed E-state index contributed by atoms with van der Waals surface area (Å²) in [6.07, 6.45) is 0. The number of carboxylic acid groups (broad SMARTS) is 1. The van der Waals surface area contributed by atoms with Gasteiger partial charge in [-0.2, -0.15) is 0 Å². The van der Waals surface area contributed by atoms with E-state index in [1.54, 1.807) is 0 Å². The molecular weight excluding hydrogens is 220 g/mol. The fraction of sp³-hybridized carbons (Fsp3) is 0.667. The molecule has 1 saturated heterocycles. The first-order chi connectivity index (χ1) is 7.99. The Hall–Kier alpha value is -1.36. The van der Waals surface area contributed by atoms with Crippen molar-refractivity contribution in [3.8, 4) is 0 Å². The summed E-state index contributed by atoms with van der Waals surface area (Å²) in [7, 11) is 0. The number of aryl methyl sites for hydroxylation is 2. The van der Waals surface area contributed by atoms with Crippen molar-refractivity contribution in [2.24, 2.45) is 11.8 Å². The van der Waals surface area contributed by atoms with Gasteiger partial charge in [0, 0.05) is 25.2 Å². The van der Waals surface area contributed by atoms with E-state index in [1.807, 2.05) is 20.8 Å². The van der Waals surface area contributed by atoms with Crippen LogP contribution in [-0.2, 0) is 11.3 Å². The summed E-state index contributed by atoms with van der Waals surface area (Å²) in [6.45, 7) is 7.96. The van der Waals surface area contributed by atoms with Gasteiger partial charge in [-0.1, -0.05) is 12.1 Å². The molecule has 1 fully saturated rings. The molecule has 0 unspecified atom stereocenters. The van der Waals surface area contributed by atoms with Gasteiger partial charge in [0.2, 0.25) is 0 Å². The number of hydrogen-bond acceptors (Lipinski definition) is 4. The summed E-state index contributed by atoms with van der Waals surface area (Å²) >= 11 is 0. The van der Waals surface area contributed by atoms with E-state index in [1.165, 1.54) is 0 Å². The Morgan fingerprint density at radius 3 is 2.71 bits per heavy atom. The molecular formula is C12H18N2O3. The molecule has 1 N–H and O–H groups in total. The average Bonchev–Trinajstić information content (AvgIpc) is 2.76. The monoisotopic (exact) mass is 238 g/mol. The molecule has 2 atom stereocenters. The lowest BCUT2D eigenvalue weighted by Gasteiger charge is -2.14. The molecule has 2 heterocycles. The first-order valence-corrected chi connectivity index (χ1v) is 5.86. The first-order valence-electron chi connectivity index (χ1n) is 5.86. The van der Waals surface area contributed by atoms with Crippen molar-refractivity contribution in [1.29, 1.82) is 0 Å². The summed E-state index contributed by atoms with van der Waals surface area (Å²) in [5, 5.41) is 13.0. The van der Waals surface area contributed by atoms with E-state index in [4.69, 9.17) is 9.63 Å². The van der Waals surface area contributed by atoms with Gasteiger partial charge in [-0.3, -0.25) is 9.69 Å². The third kappa shape index (κ3) is 2.34. The van der Waals surface area contributed by atoms with Gasteiger partial charge in [0.1, 0.15) is 5.76 Å². The van der Waals surface area contributed by atoms with E-state index in [0.717, 1.165) is 30.1 Å². The van der Waals surface area contributed by atoms with Crippen LogP contribution in [0.2, 0.25) is 0 Å². The van der Waals surface area contributed by atoms with Gasteiger partial charge in [-0.25, -0.2) is 0 Å². The minimum atomic E-state index is -0.696. The normalized spacial score (nSPS) is 25.4. The maximum atomic E-state index is 11.0. The molecule has 0 amide bonds. The molecule has 5 nitrogen and oxygen atoms in total. The molecule has 1 aliphatic rings. The fourth-order valence-corrected chi connectivity index (χ4v) is 2.47. The molecule has 0 bridgehead atoms. The second-order valence-corrected chi connectivity index (χ2v) is 4.92. The van der Waals surface area contributed by atoms with Crippen LogP contribution in [0.25, 0.3) is 0 Å². The van der Waals surface area contributed by atoms with Crippen molar-refractivity contribution in [2.75, 3.05) is 13.1 Å². The van der Waals surface area contributed by atoms with Crippen LogP contribution in [0.3, 0.4) is 0 Å². The lowest BCUT2D eigenvalue weighted by molar-refractivity contribution is -0.142. The Bertz CT molecular complexity index is 408. The van der Waals surface area contributed by atoms with Gasteiger partial charge in [-0.15, -0.1) is 0 Å². The molecule has 94 valence electrons. The maximum absolute atomic E-state index is 11.0. The number of carboxylic acids is 1. The van der Waals surface area contributed by atoms with E-state index in [0.29, 0.717) is 6.54 Å². The van der Waals surface area contributed by atoms with Crippen LogP contribution in [0.1, 0.15) is 23.9 Å². The van der Waals surface area contributed by atoms with E-state index in [2.05, 4.69) is 10.1 Å². The Kier molecular flexibility index (Phi) is 3.19. The van der Waals surface area contributed by atoms with Crippen molar-refractivity contribution in [3.63, 3.8) is 0 Å². The molecule has 0 spiro atoms. The summed E-state index contributed by atoms with van der Waals surface area (Å²) < 4.78 is 5.11. The van der Waals surface area contributed by atoms with E-state index >= 15 is 0 Å². The van der Waals surface area contributed by atoms with Crippen LogP contribution in [0.15, 0.2) is 4.52 Å². The molecule has 1 aromatic rings. The zero-order chi connectivity index (χ0) is 12.6. The van der Waals surface area contributed by atoms with Crippen LogP contribution in [0.4, 0.5) is 0 Å². The number of nitrogens with zero attached hydrogens (tertiary/aromatic N) is 2. The van der Waals surface area contributed by atoms with Gasteiger partial charge in [0.05, 0.1) is 11.6 Å². The Morgan fingerprint density at radius 1 is 1.53 bits per heavy atom. The van der Waals surface area contributed by atoms with Crippen molar-refractivity contribution in [3.05, 3.63) is 17.0 Å². The summed E-state index contributed by atoms with van der Waals surface area (Å²) in [5.74, 6) is 0.0798. The molecule has 0 aromatic carbocycles. The quantitative estimate of drug-likeness (QED) is 0.863. The SMILES string of the molecule is Cc1noc(C)c1CN1C[C@@H](C)[C@H](C(=O)O)C1. The summed E-state index contributed by atoms with van der Waals surface area (Å²) in [6, 6.07) is 0. The second-order valence-electron chi connectivity index (χ2n) is 4.92. The van der Waals surface area contributed by atoms with Crippen molar-refractivity contribution in [1.82, 2.24) is 10.1 Å². The summed E-state index contributed by atoms with van der Waals surface area (Å²) in [4.78, 5) is 13.2. The zero-order valence-electron chi connectivity index (χ0n) is 10.4. The van der Waals surface area contributed by atoms with Crippen LogP contribution in [0, 0.1) is 25.7 Å². The highest BCUT2D eigenvalue weighted by Gasteiger charge is 2.35. The van der Waals surface area contributed by atoms with Gasteiger partial charge in [-0.05, 0) is 19.8 Å². The number of likely N-dealkylation sites (tertiary alicyclic amines) is 1. The lowest BCUT2D eigenvalue weighted by Crippen LogP contribution is -2.23. The van der Waals surface area contributed by atoms with Gasteiger partial charge in [0.15, 0.2) is 0 Å². The fourth-order valence-electron chi connectivity index (χ4n) is 2.47. The number of carbonyl (C=O) groups is 1. The molecule has 1 aliphatic heterocycles. The van der Waals surface area contributed by atoms with E-state index < -0.39 is 5.97 Å². The van der Waals surface area contributed by atoms with Gasteiger partial charge < -0.3 is 9.63 Å². The summed E-state index contributed by atoms with van der Waals surface area (Å²) in [5.41, 5.74) is 1.98. The first kappa shape index (κ1) is 12.1. The Balaban J connectivity index is 2.05. The number of rotatable bonds is 3. The molecule has 0 aliphatic carbocycles. The number of aliphatic carboxylic acids is 1. The maximum Gasteiger partial charge on any atom is 0.308 e. The third-order valence-electron chi connectivity index (χ3n) is 3.57. The molecule has 0 radical (unpaired) electrons. The minimum Gasteiger partial charge on any atom is -0.481 e. The smallest absolute Gasteiger partial charge is 0.308 e. The predicted octanol–water partition coefficient (Wildman–Crippen LogP) is 1.44. The Morgan fingerprint density at radius 2 is 2.24 bits per heavy atom. The third-order valence-corrected chi connectivity index (χ3v) is 3.57. The minimum absolute atomic E-state index is 0.202. The zero-order valence-corrected chi connectivity index (χ0v) is 10.4. The van der Waals surface area contributed by atoms with Crippen molar-refractivity contribution >= 4 is 5.97 Å². The molecule has 5 heteroatoms. The molecule has 2 rings (SSSR count). The molecule has 17 heavy (non-hydrogen) atoms. The predicted molar refractivity (Wildman–Crippen MR) is 61.5 cm³/mol. The van der Waals surface area contributed by atoms with Gasteiger partial charge >= 0.3 is 5.97 Å². The highest BCUT2D eigenvalue weighted by atomic mass is 16.5. The standard InChI is InChI=1S/C12H18N2O3/c1-7-4-14(5-10(7)12(15)16)6-11-8(2)13-17-9(11)3/h7,10H,4-6H2,1-3H3,(H,15,16)/t7-,10-/m1/s1. The average molecular weight is 238 g/mol. The number of hydrogen-bond donors (Lipinski definition) is 1. The largest absolute Gasteiger partial charge is 0.481 e. The van der Waals surface area contributed by atoms with E-state index in [-0.39, 0.29) is 11.8 Å². The topological polar surface area (TPSA) is 66.6 Å². The van der Waals surface area contributed by atoms with Crippen LogP contribution >= 0.6 is 0 Å². The lowest BCUT2D eigenvalue weighted by atomic mass is 9.99. The number of aromatic nitrogens is 1.